The lowest BCUT2D eigenvalue weighted by Gasteiger charge is -2.26. The minimum absolute atomic E-state index is 0.177. The van der Waals surface area contributed by atoms with Crippen LogP contribution in [-0.2, 0) is 14.4 Å². The zero-order chi connectivity index (χ0) is 13.9. The molecule has 8 heteroatoms. The third-order valence-electron chi connectivity index (χ3n) is 2.44. The first-order chi connectivity index (χ1) is 8.31. The highest BCUT2D eigenvalue weighted by Gasteiger charge is 2.30. The highest BCUT2D eigenvalue weighted by molar-refractivity contribution is 6.03. The summed E-state index contributed by atoms with van der Waals surface area (Å²) in [5.41, 5.74) is 0. The molecule has 0 unspecified atom stereocenters. The predicted octanol–water partition coefficient (Wildman–Crippen LogP) is -1.14. The van der Waals surface area contributed by atoms with Crippen LogP contribution in [0.4, 0.5) is 4.79 Å². The monoisotopic (exact) mass is 257 g/mol. The zero-order valence-corrected chi connectivity index (χ0v) is 10.2. The first-order valence-corrected chi connectivity index (χ1v) is 5.41. The van der Waals surface area contributed by atoms with Crippen molar-refractivity contribution in [3.05, 3.63) is 0 Å². The molecule has 8 nitrogen and oxygen atoms in total. The summed E-state index contributed by atoms with van der Waals surface area (Å²) in [6.07, 6.45) is 0. The maximum Gasteiger partial charge on any atom is 0.325 e. The van der Waals surface area contributed by atoms with Crippen LogP contribution in [0.5, 0.6) is 0 Å². The molecule has 1 saturated heterocycles. The Kier molecular flexibility index (Phi) is 4.24. The largest absolute Gasteiger partial charge is 0.480 e. The van der Waals surface area contributed by atoms with Crippen LogP contribution in [-0.4, -0.2) is 64.4 Å². The van der Waals surface area contributed by atoms with E-state index in [1.165, 1.54) is 0 Å². The number of hydrogen-bond donors (Lipinski definition) is 2. The fourth-order valence-electron chi connectivity index (χ4n) is 1.57. The molecule has 0 aliphatic carbocycles. The number of carbonyl (C=O) groups is 4. The summed E-state index contributed by atoms with van der Waals surface area (Å²) in [5, 5.41) is 10.7. The first kappa shape index (κ1) is 13.9. The van der Waals surface area contributed by atoms with Gasteiger partial charge < -0.3 is 14.9 Å². The first-order valence-electron chi connectivity index (χ1n) is 5.41. The minimum Gasteiger partial charge on any atom is -0.480 e. The molecule has 0 atom stereocenters. The number of rotatable bonds is 5. The van der Waals surface area contributed by atoms with Crippen LogP contribution in [0.3, 0.4) is 0 Å². The van der Waals surface area contributed by atoms with E-state index in [1.807, 2.05) is 5.32 Å². The lowest BCUT2D eigenvalue weighted by molar-refractivity contribution is -0.146. The topological polar surface area (TPSA) is 107 Å². The van der Waals surface area contributed by atoms with Gasteiger partial charge in [-0.25, -0.2) is 4.79 Å². The van der Waals surface area contributed by atoms with Crippen molar-refractivity contribution in [3.8, 4) is 0 Å². The number of nitrogens with zero attached hydrogens (tertiary/aromatic N) is 2. The Morgan fingerprint density at radius 3 is 2.44 bits per heavy atom. The molecule has 1 fully saturated rings. The minimum atomic E-state index is -1.13. The Morgan fingerprint density at radius 1 is 1.44 bits per heavy atom. The summed E-state index contributed by atoms with van der Waals surface area (Å²) in [6, 6.07) is -0.928. The number of amides is 4. The molecule has 1 aliphatic rings. The maximum atomic E-state index is 11.9. The molecule has 18 heavy (non-hydrogen) atoms. The van der Waals surface area contributed by atoms with Gasteiger partial charge in [0.1, 0.15) is 19.6 Å². The van der Waals surface area contributed by atoms with Gasteiger partial charge in [-0.2, -0.15) is 0 Å². The van der Waals surface area contributed by atoms with Crippen LogP contribution in [0, 0.1) is 0 Å². The Bertz CT molecular complexity index is 393. The molecule has 2 N–H and O–H groups in total. The van der Waals surface area contributed by atoms with Gasteiger partial charge in [0.15, 0.2) is 0 Å². The lowest BCUT2D eigenvalue weighted by atomic mass is 10.3. The van der Waals surface area contributed by atoms with Gasteiger partial charge in [0.05, 0.1) is 0 Å². The van der Waals surface area contributed by atoms with Crippen molar-refractivity contribution in [2.45, 2.75) is 19.9 Å². The van der Waals surface area contributed by atoms with E-state index < -0.39 is 30.4 Å². The average Bonchev–Trinajstić information content (AvgIpc) is 2.53. The van der Waals surface area contributed by atoms with E-state index in [9.17, 15) is 19.2 Å². The fraction of sp³-hybridized carbons (Fsp3) is 0.600. The number of carboxylic acids is 1. The molecule has 1 heterocycles. The third-order valence-corrected chi connectivity index (χ3v) is 2.44. The van der Waals surface area contributed by atoms with Crippen LogP contribution in [0.15, 0.2) is 0 Å². The smallest absolute Gasteiger partial charge is 0.325 e. The quantitative estimate of drug-likeness (QED) is 0.605. The van der Waals surface area contributed by atoms with E-state index in [0.717, 1.165) is 9.80 Å². The Balaban J connectivity index is 2.64. The number of nitrogens with one attached hydrogen (secondary N) is 1. The highest BCUT2D eigenvalue weighted by atomic mass is 16.4. The van der Waals surface area contributed by atoms with E-state index in [0.29, 0.717) is 0 Å². The van der Waals surface area contributed by atoms with Crippen molar-refractivity contribution in [3.63, 3.8) is 0 Å². The molecule has 1 rings (SSSR count). The molecule has 0 saturated carbocycles. The molecule has 0 bridgehead atoms. The Labute approximate surface area is 104 Å². The number of carbonyl (C=O) groups excluding carboxylic acids is 3. The summed E-state index contributed by atoms with van der Waals surface area (Å²) < 4.78 is 0. The molecule has 0 aromatic heterocycles. The standard InChI is InChI=1S/C10H15N3O5/c1-6(2)13(5-9(16)17)8(15)4-12-3-7(14)11-10(12)18/h6H,3-5H2,1-2H3,(H,16,17)(H,11,14,18). The molecule has 0 aromatic carbocycles. The zero-order valence-electron chi connectivity index (χ0n) is 10.2. The third kappa shape index (κ3) is 3.44. The molecular formula is C10H15N3O5. The van der Waals surface area contributed by atoms with Gasteiger partial charge in [0.2, 0.25) is 11.8 Å². The molecule has 100 valence electrons. The molecule has 0 spiro atoms. The van der Waals surface area contributed by atoms with Crippen LogP contribution in [0.1, 0.15) is 13.8 Å². The van der Waals surface area contributed by atoms with Gasteiger partial charge in [-0.05, 0) is 13.8 Å². The summed E-state index contributed by atoms with van der Waals surface area (Å²) in [4.78, 5) is 46.8. The second-order valence-corrected chi connectivity index (χ2v) is 4.22. The molecule has 0 aromatic rings. The van der Waals surface area contributed by atoms with Crippen molar-refractivity contribution < 1.29 is 24.3 Å². The molecule has 0 radical (unpaired) electrons. The second kappa shape index (κ2) is 5.48. The van der Waals surface area contributed by atoms with Crippen molar-refractivity contribution in [1.82, 2.24) is 15.1 Å². The second-order valence-electron chi connectivity index (χ2n) is 4.22. The van der Waals surface area contributed by atoms with E-state index in [1.54, 1.807) is 13.8 Å². The van der Waals surface area contributed by atoms with Crippen LogP contribution < -0.4 is 5.32 Å². The van der Waals surface area contributed by atoms with E-state index in [2.05, 4.69) is 0 Å². The SMILES string of the molecule is CC(C)N(CC(=O)O)C(=O)CN1CC(=O)NC1=O. The normalized spacial score (nSPS) is 14.9. The Hall–Kier alpha value is -2.12. The molecule has 1 aliphatic heterocycles. The summed E-state index contributed by atoms with van der Waals surface area (Å²) >= 11 is 0. The number of hydrogen-bond acceptors (Lipinski definition) is 4. The van der Waals surface area contributed by atoms with Crippen LogP contribution in [0.25, 0.3) is 0 Å². The number of urea groups is 1. The number of aliphatic carboxylic acids is 1. The summed E-state index contributed by atoms with van der Waals surface area (Å²) in [5.74, 6) is -2.10. The molecule has 4 amide bonds. The number of carboxylic acid groups (broad SMARTS) is 1. The van der Waals surface area contributed by atoms with Crippen molar-refractivity contribution in [2.75, 3.05) is 19.6 Å². The van der Waals surface area contributed by atoms with Crippen molar-refractivity contribution in [1.29, 1.82) is 0 Å². The van der Waals surface area contributed by atoms with Crippen LogP contribution in [0.2, 0.25) is 0 Å². The van der Waals surface area contributed by atoms with Crippen LogP contribution >= 0.6 is 0 Å². The Morgan fingerprint density at radius 2 is 2.06 bits per heavy atom. The fourth-order valence-corrected chi connectivity index (χ4v) is 1.57. The highest BCUT2D eigenvalue weighted by Crippen LogP contribution is 2.03. The average molecular weight is 257 g/mol. The van der Waals surface area contributed by atoms with Crippen molar-refractivity contribution >= 4 is 23.8 Å². The van der Waals surface area contributed by atoms with E-state index in [4.69, 9.17) is 5.11 Å². The number of imide groups is 1. The molecular weight excluding hydrogens is 242 g/mol. The van der Waals surface area contributed by atoms with Gasteiger partial charge in [-0.3, -0.25) is 19.7 Å². The van der Waals surface area contributed by atoms with Gasteiger partial charge in [0.25, 0.3) is 0 Å². The predicted molar refractivity (Wildman–Crippen MR) is 59.6 cm³/mol. The van der Waals surface area contributed by atoms with E-state index >= 15 is 0 Å². The lowest BCUT2D eigenvalue weighted by Crippen LogP contribution is -2.46. The van der Waals surface area contributed by atoms with Gasteiger partial charge in [-0.1, -0.05) is 0 Å². The van der Waals surface area contributed by atoms with Crippen molar-refractivity contribution in [2.24, 2.45) is 0 Å². The van der Waals surface area contributed by atoms with Gasteiger partial charge in [0, 0.05) is 6.04 Å². The van der Waals surface area contributed by atoms with Gasteiger partial charge >= 0.3 is 12.0 Å². The van der Waals surface area contributed by atoms with Gasteiger partial charge in [-0.15, -0.1) is 0 Å². The van der Waals surface area contributed by atoms with E-state index in [-0.39, 0.29) is 19.1 Å². The summed E-state index contributed by atoms with van der Waals surface area (Å²) in [7, 11) is 0. The maximum absolute atomic E-state index is 11.9. The summed E-state index contributed by atoms with van der Waals surface area (Å²) in [6.45, 7) is 2.44.